The van der Waals surface area contributed by atoms with Crippen molar-refractivity contribution in [2.75, 3.05) is 32.2 Å². The van der Waals surface area contributed by atoms with E-state index in [2.05, 4.69) is 22.2 Å². The second-order valence-corrected chi connectivity index (χ2v) is 4.59. The molecule has 112 valence electrons. The van der Waals surface area contributed by atoms with Crippen LogP contribution in [-0.2, 0) is 4.74 Å². The van der Waals surface area contributed by atoms with Gasteiger partial charge in [-0.15, -0.1) is 0 Å². The topological polar surface area (TPSA) is 56.3 Å². The molecular formula is C16H21N3O2. The highest BCUT2D eigenvalue weighted by atomic mass is 16.5. The molecule has 1 aromatic carbocycles. The fraction of sp³-hybridized carbons (Fsp3) is 0.375. The van der Waals surface area contributed by atoms with Crippen LogP contribution in [0.15, 0.2) is 36.7 Å². The van der Waals surface area contributed by atoms with E-state index in [1.807, 2.05) is 24.3 Å². The Balaban J connectivity index is 2.11. The van der Waals surface area contributed by atoms with Crippen LogP contribution >= 0.6 is 0 Å². The molecule has 0 amide bonds. The lowest BCUT2D eigenvalue weighted by Crippen LogP contribution is -2.04. The zero-order valence-electron chi connectivity index (χ0n) is 12.5. The van der Waals surface area contributed by atoms with Gasteiger partial charge >= 0.3 is 0 Å². The molecule has 0 radical (unpaired) electrons. The first-order valence-corrected chi connectivity index (χ1v) is 7.11. The average Bonchev–Trinajstić information content (AvgIpc) is 2.54. The van der Waals surface area contributed by atoms with Crippen molar-refractivity contribution in [2.24, 2.45) is 0 Å². The van der Waals surface area contributed by atoms with Crippen LogP contribution in [0.2, 0.25) is 0 Å². The minimum absolute atomic E-state index is 0.531. The molecular weight excluding hydrogens is 266 g/mol. The lowest BCUT2D eigenvalue weighted by molar-refractivity contribution is 0.146. The van der Waals surface area contributed by atoms with E-state index in [4.69, 9.17) is 9.47 Å². The number of nitrogens with zero attached hydrogens (tertiary/aromatic N) is 2. The average molecular weight is 287 g/mol. The summed E-state index contributed by atoms with van der Waals surface area (Å²) in [5.74, 6) is 1.60. The van der Waals surface area contributed by atoms with Crippen molar-refractivity contribution in [3.63, 3.8) is 0 Å². The van der Waals surface area contributed by atoms with E-state index in [0.717, 1.165) is 35.8 Å². The number of ether oxygens (including phenoxy) is 2. The van der Waals surface area contributed by atoms with E-state index in [-0.39, 0.29) is 0 Å². The molecule has 21 heavy (non-hydrogen) atoms. The molecule has 0 saturated heterocycles. The van der Waals surface area contributed by atoms with Gasteiger partial charge in [-0.1, -0.05) is 19.1 Å². The van der Waals surface area contributed by atoms with E-state index in [1.54, 1.807) is 19.5 Å². The number of nitrogens with one attached hydrogen (secondary N) is 1. The van der Waals surface area contributed by atoms with Gasteiger partial charge in [-0.25, -0.2) is 4.98 Å². The first-order valence-electron chi connectivity index (χ1n) is 7.11. The standard InChI is InChI=1S/C16H21N3O2/c1-3-7-18-16-12-17-11-15(19-16)13-5-4-6-14(10-13)21-9-8-20-2/h4-6,10-12H,3,7-9H2,1-2H3,(H,18,19). The van der Waals surface area contributed by atoms with Gasteiger partial charge in [0, 0.05) is 19.2 Å². The van der Waals surface area contributed by atoms with E-state index < -0.39 is 0 Å². The second-order valence-electron chi connectivity index (χ2n) is 4.59. The van der Waals surface area contributed by atoms with Crippen molar-refractivity contribution in [2.45, 2.75) is 13.3 Å². The summed E-state index contributed by atoms with van der Waals surface area (Å²) in [6, 6.07) is 7.83. The third-order valence-corrected chi connectivity index (χ3v) is 2.88. The number of methoxy groups -OCH3 is 1. The molecule has 2 aromatic rings. The maximum atomic E-state index is 5.61. The van der Waals surface area contributed by atoms with Gasteiger partial charge in [0.2, 0.25) is 0 Å². The van der Waals surface area contributed by atoms with Crippen LogP contribution < -0.4 is 10.1 Å². The fourth-order valence-electron chi connectivity index (χ4n) is 1.83. The SMILES string of the molecule is CCCNc1cncc(-c2cccc(OCCOC)c2)n1. The van der Waals surface area contributed by atoms with Crippen molar-refractivity contribution in [1.82, 2.24) is 9.97 Å². The lowest BCUT2D eigenvalue weighted by Gasteiger charge is -2.08. The Bertz CT molecular complexity index is 561. The Morgan fingerprint density at radius 3 is 2.90 bits per heavy atom. The minimum Gasteiger partial charge on any atom is -0.491 e. The van der Waals surface area contributed by atoms with Crippen molar-refractivity contribution in [3.8, 4) is 17.0 Å². The molecule has 5 nitrogen and oxygen atoms in total. The molecule has 1 heterocycles. The van der Waals surface area contributed by atoms with Crippen LogP contribution in [0.4, 0.5) is 5.82 Å². The maximum absolute atomic E-state index is 5.61. The molecule has 0 bridgehead atoms. The number of aromatic nitrogens is 2. The molecule has 5 heteroatoms. The number of hydrogen-bond acceptors (Lipinski definition) is 5. The van der Waals surface area contributed by atoms with Gasteiger partial charge in [0.1, 0.15) is 18.2 Å². The summed E-state index contributed by atoms with van der Waals surface area (Å²) in [7, 11) is 1.66. The Morgan fingerprint density at radius 1 is 1.19 bits per heavy atom. The van der Waals surface area contributed by atoms with E-state index in [0.29, 0.717) is 13.2 Å². The predicted octanol–water partition coefficient (Wildman–Crippen LogP) is 2.99. The van der Waals surface area contributed by atoms with Gasteiger partial charge in [-0.2, -0.15) is 0 Å². The van der Waals surface area contributed by atoms with Gasteiger partial charge in [-0.3, -0.25) is 4.98 Å². The summed E-state index contributed by atoms with van der Waals surface area (Å²) in [6.45, 7) is 4.10. The van der Waals surface area contributed by atoms with E-state index >= 15 is 0 Å². The second kappa shape index (κ2) is 8.21. The quantitative estimate of drug-likeness (QED) is 0.756. The number of anilines is 1. The molecule has 0 aliphatic carbocycles. The highest BCUT2D eigenvalue weighted by Crippen LogP contribution is 2.22. The summed E-state index contributed by atoms with van der Waals surface area (Å²) in [4.78, 5) is 8.80. The predicted molar refractivity (Wildman–Crippen MR) is 83.6 cm³/mol. The van der Waals surface area contributed by atoms with Gasteiger partial charge < -0.3 is 14.8 Å². The first-order chi connectivity index (χ1) is 10.3. The molecule has 1 aromatic heterocycles. The summed E-state index contributed by atoms with van der Waals surface area (Å²) < 4.78 is 10.6. The number of hydrogen-bond donors (Lipinski definition) is 1. The number of benzene rings is 1. The van der Waals surface area contributed by atoms with Crippen molar-refractivity contribution in [3.05, 3.63) is 36.7 Å². The van der Waals surface area contributed by atoms with Crippen molar-refractivity contribution >= 4 is 5.82 Å². The summed E-state index contributed by atoms with van der Waals surface area (Å²) >= 11 is 0. The van der Waals surface area contributed by atoms with E-state index in [9.17, 15) is 0 Å². The zero-order chi connectivity index (χ0) is 14.9. The Morgan fingerprint density at radius 2 is 2.10 bits per heavy atom. The van der Waals surface area contributed by atoms with E-state index in [1.165, 1.54) is 0 Å². The Hall–Kier alpha value is -2.14. The summed E-state index contributed by atoms with van der Waals surface area (Å²) in [6.07, 6.45) is 4.54. The fourth-order valence-corrected chi connectivity index (χ4v) is 1.83. The largest absolute Gasteiger partial charge is 0.491 e. The molecule has 0 fully saturated rings. The third-order valence-electron chi connectivity index (χ3n) is 2.88. The maximum Gasteiger partial charge on any atom is 0.145 e. The minimum atomic E-state index is 0.531. The van der Waals surface area contributed by atoms with Crippen LogP contribution in [0, 0.1) is 0 Å². The van der Waals surface area contributed by atoms with Crippen LogP contribution in [0.1, 0.15) is 13.3 Å². The third kappa shape index (κ3) is 4.72. The first kappa shape index (κ1) is 15.3. The molecule has 2 rings (SSSR count). The smallest absolute Gasteiger partial charge is 0.145 e. The number of rotatable bonds is 8. The van der Waals surface area contributed by atoms with Gasteiger partial charge in [0.05, 0.1) is 24.7 Å². The van der Waals surface area contributed by atoms with Gasteiger partial charge in [0.15, 0.2) is 0 Å². The monoisotopic (exact) mass is 287 g/mol. The van der Waals surface area contributed by atoms with Crippen LogP contribution in [-0.4, -0.2) is 36.8 Å². The molecule has 0 aliphatic heterocycles. The molecule has 1 N–H and O–H groups in total. The normalized spacial score (nSPS) is 10.4. The molecule has 0 unspecified atom stereocenters. The van der Waals surface area contributed by atoms with Crippen LogP contribution in [0.5, 0.6) is 5.75 Å². The molecule has 0 spiro atoms. The Kier molecular flexibility index (Phi) is 5.97. The van der Waals surface area contributed by atoms with Gasteiger partial charge in [-0.05, 0) is 18.6 Å². The Labute approximate surface area is 125 Å². The lowest BCUT2D eigenvalue weighted by atomic mass is 10.1. The molecule has 0 saturated carbocycles. The van der Waals surface area contributed by atoms with Crippen molar-refractivity contribution in [1.29, 1.82) is 0 Å². The van der Waals surface area contributed by atoms with Gasteiger partial charge in [0.25, 0.3) is 0 Å². The summed E-state index contributed by atoms with van der Waals surface area (Å²) in [5, 5.41) is 3.24. The highest BCUT2D eigenvalue weighted by Gasteiger charge is 2.03. The molecule has 0 atom stereocenters. The summed E-state index contributed by atoms with van der Waals surface area (Å²) in [5.41, 5.74) is 1.81. The zero-order valence-corrected chi connectivity index (χ0v) is 12.5. The highest BCUT2D eigenvalue weighted by molar-refractivity contribution is 5.61. The van der Waals surface area contributed by atoms with Crippen molar-refractivity contribution < 1.29 is 9.47 Å². The van der Waals surface area contributed by atoms with Crippen LogP contribution in [0.3, 0.4) is 0 Å². The van der Waals surface area contributed by atoms with Crippen LogP contribution in [0.25, 0.3) is 11.3 Å². The molecule has 0 aliphatic rings.